The van der Waals surface area contributed by atoms with E-state index in [1.807, 2.05) is 12.3 Å². The van der Waals surface area contributed by atoms with Crippen LogP contribution in [0.2, 0.25) is 0 Å². The molecule has 3 heterocycles. The molecule has 0 saturated carbocycles. The van der Waals surface area contributed by atoms with Gasteiger partial charge in [0.25, 0.3) is 0 Å². The third kappa shape index (κ3) is 3.22. The molecule has 0 bridgehead atoms. The summed E-state index contributed by atoms with van der Waals surface area (Å²) in [6.45, 7) is 12.9. The average Bonchev–Trinajstić information content (AvgIpc) is 2.99. The van der Waals surface area contributed by atoms with E-state index in [0.29, 0.717) is 5.41 Å². The fourth-order valence-corrected chi connectivity index (χ4v) is 3.69. The van der Waals surface area contributed by atoms with Crippen molar-refractivity contribution < 1.29 is 0 Å². The summed E-state index contributed by atoms with van der Waals surface area (Å²) in [4.78, 5) is 9.54. The van der Waals surface area contributed by atoms with Crippen molar-refractivity contribution in [1.82, 2.24) is 15.2 Å². The maximum Gasteiger partial charge on any atom is 0.128 e. The minimum absolute atomic E-state index is 0.479. The van der Waals surface area contributed by atoms with Crippen LogP contribution in [0.5, 0.6) is 0 Å². The highest BCUT2D eigenvalue weighted by molar-refractivity contribution is 5.38. The number of hydrogen-bond donors (Lipinski definition) is 1. The molecule has 0 radical (unpaired) electrons. The van der Waals surface area contributed by atoms with E-state index in [4.69, 9.17) is 0 Å². The zero-order valence-corrected chi connectivity index (χ0v) is 13.4. The first kappa shape index (κ1) is 14.8. The van der Waals surface area contributed by atoms with Crippen LogP contribution >= 0.6 is 0 Å². The van der Waals surface area contributed by atoms with Crippen LogP contribution < -0.4 is 10.2 Å². The number of pyridine rings is 1. The van der Waals surface area contributed by atoms with Crippen molar-refractivity contribution in [2.75, 3.05) is 50.7 Å². The molecule has 1 N–H and O–H groups in total. The topological polar surface area (TPSA) is 31.4 Å². The molecule has 2 fully saturated rings. The van der Waals surface area contributed by atoms with Crippen LogP contribution in [0.15, 0.2) is 24.4 Å². The van der Waals surface area contributed by atoms with E-state index in [2.05, 4.69) is 46.1 Å². The number of piperazine rings is 1. The van der Waals surface area contributed by atoms with Gasteiger partial charge >= 0.3 is 0 Å². The summed E-state index contributed by atoms with van der Waals surface area (Å²) in [7, 11) is 0. The highest BCUT2D eigenvalue weighted by Gasteiger charge is 2.38. The first-order chi connectivity index (χ1) is 10.2. The Morgan fingerprint density at radius 3 is 2.62 bits per heavy atom. The van der Waals surface area contributed by atoms with Crippen molar-refractivity contribution in [3.8, 4) is 0 Å². The van der Waals surface area contributed by atoms with Crippen molar-refractivity contribution in [3.05, 3.63) is 24.4 Å². The van der Waals surface area contributed by atoms with Gasteiger partial charge in [-0.25, -0.2) is 4.98 Å². The predicted molar refractivity (Wildman–Crippen MR) is 87.6 cm³/mol. The minimum Gasteiger partial charge on any atom is -0.354 e. The summed E-state index contributed by atoms with van der Waals surface area (Å²) in [5.74, 6) is 1.87. The second kappa shape index (κ2) is 6.32. The molecule has 1 aromatic rings. The Bertz CT molecular complexity index is 431. The van der Waals surface area contributed by atoms with Crippen molar-refractivity contribution in [2.45, 2.75) is 20.3 Å². The van der Waals surface area contributed by atoms with E-state index < -0.39 is 0 Å². The second-order valence-electron chi connectivity index (χ2n) is 6.89. The molecule has 4 heteroatoms. The fraction of sp³-hybridized carbons (Fsp3) is 0.706. The lowest BCUT2D eigenvalue weighted by Gasteiger charge is -2.42. The van der Waals surface area contributed by atoms with Crippen LogP contribution in [0.4, 0.5) is 5.82 Å². The maximum absolute atomic E-state index is 4.47. The molecular weight excluding hydrogens is 260 g/mol. The van der Waals surface area contributed by atoms with Crippen LogP contribution in [0.1, 0.15) is 20.3 Å². The van der Waals surface area contributed by atoms with Crippen LogP contribution in [0.3, 0.4) is 0 Å². The van der Waals surface area contributed by atoms with Gasteiger partial charge in [0.2, 0.25) is 0 Å². The summed E-state index contributed by atoms with van der Waals surface area (Å²) < 4.78 is 0. The molecule has 1 unspecified atom stereocenters. The van der Waals surface area contributed by atoms with Crippen molar-refractivity contribution in [1.29, 1.82) is 0 Å². The molecule has 2 aliphatic rings. The van der Waals surface area contributed by atoms with Gasteiger partial charge in [-0.3, -0.25) is 4.90 Å². The summed E-state index contributed by atoms with van der Waals surface area (Å²) in [6.07, 6.45) is 3.21. The Morgan fingerprint density at radius 1 is 1.24 bits per heavy atom. The quantitative estimate of drug-likeness (QED) is 0.916. The van der Waals surface area contributed by atoms with Crippen molar-refractivity contribution in [3.63, 3.8) is 0 Å². The van der Waals surface area contributed by atoms with Gasteiger partial charge in [0.1, 0.15) is 5.82 Å². The molecular formula is C17H28N4. The first-order valence-corrected chi connectivity index (χ1v) is 8.29. The molecule has 0 amide bonds. The van der Waals surface area contributed by atoms with E-state index in [0.717, 1.165) is 37.9 Å². The predicted octanol–water partition coefficient (Wildman–Crippen LogP) is 1.84. The van der Waals surface area contributed by atoms with Crippen LogP contribution in [0.25, 0.3) is 0 Å². The lowest BCUT2D eigenvalue weighted by Crippen LogP contribution is -2.51. The highest BCUT2D eigenvalue weighted by atomic mass is 15.3. The molecule has 0 aliphatic carbocycles. The van der Waals surface area contributed by atoms with Gasteiger partial charge < -0.3 is 10.2 Å². The Hall–Kier alpha value is -1.13. The monoisotopic (exact) mass is 288 g/mol. The molecule has 116 valence electrons. The van der Waals surface area contributed by atoms with E-state index in [9.17, 15) is 0 Å². The first-order valence-electron chi connectivity index (χ1n) is 8.29. The van der Waals surface area contributed by atoms with Crippen LogP contribution in [-0.2, 0) is 0 Å². The number of aromatic nitrogens is 1. The van der Waals surface area contributed by atoms with Gasteiger partial charge in [0, 0.05) is 45.5 Å². The molecule has 4 nitrogen and oxygen atoms in total. The SMILES string of the molecule is CC(C)C1(CN2CCN(c3ccccn3)CC2)CCNC1. The Kier molecular flexibility index (Phi) is 4.45. The van der Waals surface area contributed by atoms with Crippen molar-refractivity contribution in [2.24, 2.45) is 11.3 Å². The Labute approximate surface area is 128 Å². The van der Waals surface area contributed by atoms with Gasteiger partial charge in [-0.1, -0.05) is 19.9 Å². The van der Waals surface area contributed by atoms with Gasteiger partial charge in [0.05, 0.1) is 0 Å². The summed E-state index contributed by atoms with van der Waals surface area (Å²) >= 11 is 0. The normalized spacial score (nSPS) is 27.5. The van der Waals surface area contributed by atoms with Crippen LogP contribution in [0, 0.1) is 11.3 Å². The molecule has 0 spiro atoms. The van der Waals surface area contributed by atoms with E-state index in [1.165, 1.54) is 26.1 Å². The summed E-state index contributed by atoms with van der Waals surface area (Å²) in [5.41, 5.74) is 0.479. The van der Waals surface area contributed by atoms with Gasteiger partial charge in [-0.2, -0.15) is 0 Å². The molecule has 1 aromatic heterocycles. The number of hydrogen-bond acceptors (Lipinski definition) is 4. The largest absolute Gasteiger partial charge is 0.354 e. The third-order valence-corrected chi connectivity index (χ3v) is 5.39. The lowest BCUT2D eigenvalue weighted by molar-refractivity contribution is 0.113. The van der Waals surface area contributed by atoms with Crippen LogP contribution in [-0.4, -0.2) is 55.7 Å². The standard InChI is InChI=1S/C17H28N4/c1-15(2)17(6-8-18-13-17)14-20-9-11-21(12-10-20)16-5-3-4-7-19-16/h3-5,7,15,18H,6,8-14H2,1-2H3. The van der Waals surface area contributed by atoms with Gasteiger partial charge in [-0.15, -0.1) is 0 Å². The molecule has 1 atom stereocenters. The Balaban J connectivity index is 1.56. The molecule has 21 heavy (non-hydrogen) atoms. The Morgan fingerprint density at radius 2 is 2.05 bits per heavy atom. The number of nitrogens with zero attached hydrogens (tertiary/aromatic N) is 3. The number of nitrogens with one attached hydrogen (secondary N) is 1. The summed E-state index contributed by atoms with van der Waals surface area (Å²) in [6, 6.07) is 6.18. The minimum atomic E-state index is 0.479. The zero-order valence-electron chi connectivity index (χ0n) is 13.4. The highest BCUT2D eigenvalue weighted by Crippen LogP contribution is 2.35. The zero-order chi connectivity index (χ0) is 14.7. The maximum atomic E-state index is 4.47. The number of rotatable bonds is 4. The van der Waals surface area contributed by atoms with Gasteiger partial charge in [-0.05, 0) is 36.4 Å². The second-order valence-corrected chi connectivity index (χ2v) is 6.89. The van der Waals surface area contributed by atoms with E-state index in [-0.39, 0.29) is 0 Å². The van der Waals surface area contributed by atoms with Crippen molar-refractivity contribution >= 4 is 5.82 Å². The fourth-order valence-electron chi connectivity index (χ4n) is 3.69. The lowest BCUT2D eigenvalue weighted by atomic mass is 9.76. The third-order valence-electron chi connectivity index (χ3n) is 5.39. The van der Waals surface area contributed by atoms with E-state index >= 15 is 0 Å². The molecule has 3 rings (SSSR count). The van der Waals surface area contributed by atoms with Gasteiger partial charge in [0.15, 0.2) is 0 Å². The average molecular weight is 288 g/mol. The number of anilines is 1. The molecule has 2 saturated heterocycles. The molecule has 0 aromatic carbocycles. The summed E-state index contributed by atoms with van der Waals surface area (Å²) in [5, 5.41) is 3.57. The van der Waals surface area contributed by atoms with E-state index in [1.54, 1.807) is 0 Å². The molecule has 2 aliphatic heterocycles. The smallest absolute Gasteiger partial charge is 0.128 e.